The highest BCUT2D eigenvalue weighted by molar-refractivity contribution is 5.05. The zero-order chi connectivity index (χ0) is 23.8. The molecule has 32 heavy (non-hydrogen) atoms. The van der Waals surface area contributed by atoms with Crippen LogP contribution in [-0.2, 0) is 18.9 Å². The molecule has 186 valence electrons. The Morgan fingerprint density at radius 3 is 2.16 bits per heavy atom. The van der Waals surface area contributed by atoms with Crippen LogP contribution in [0.3, 0.4) is 0 Å². The molecule has 11 unspecified atom stereocenters. The van der Waals surface area contributed by atoms with Crippen molar-refractivity contribution in [3.8, 4) is 0 Å². The van der Waals surface area contributed by atoms with Crippen molar-refractivity contribution >= 4 is 0 Å². The fraction of sp³-hybridized carbons (Fsp3) is 0.909. The lowest BCUT2D eigenvalue weighted by atomic mass is 9.79. The molecule has 6 N–H and O–H groups in total. The van der Waals surface area contributed by atoms with Crippen LogP contribution in [0.2, 0.25) is 0 Å². The van der Waals surface area contributed by atoms with Gasteiger partial charge in [-0.1, -0.05) is 11.6 Å². The molecule has 2 aliphatic heterocycles. The Balaban J connectivity index is 1.62. The molecule has 0 aromatic carbocycles. The quantitative estimate of drug-likeness (QED) is 0.275. The smallest absolute Gasteiger partial charge is 0.187 e. The molecule has 0 bridgehead atoms. The minimum atomic E-state index is -1.53. The van der Waals surface area contributed by atoms with Crippen LogP contribution >= 0.6 is 0 Å². The largest absolute Gasteiger partial charge is 0.388 e. The van der Waals surface area contributed by atoms with E-state index in [-0.39, 0.29) is 12.5 Å². The SMILES string of the molecule is CC1=CCC(C(C)(C)OC2OC(COC3OC(C)C(O)C(O)C3O)C(O)C(O)C2O)CC1. The van der Waals surface area contributed by atoms with E-state index in [1.54, 1.807) is 0 Å². The summed E-state index contributed by atoms with van der Waals surface area (Å²) in [4.78, 5) is 0. The van der Waals surface area contributed by atoms with E-state index in [4.69, 9.17) is 18.9 Å². The van der Waals surface area contributed by atoms with E-state index in [0.29, 0.717) is 0 Å². The van der Waals surface area contributed by atoms with Crippen molar-refractivity contribution in [1.29, 1.82) is 0 Å². The summed E-state index contributed by atoms with van der Waals surface area (Å²) in [6.45, 7) is 7.12. The molecule has 11 atom stereocenters. The monoisotopic (exact) mass is 462 g/mol. The van der Waals surface area contributed by atoms with E-state index in [1.807, 2.05) is 13.8 Å². The van der Waals surface area contributed by atoms with Crippen molar-refractivity contribution in [1.82, 2.24) is 0 Å². The molecule has 0 saturated carbocycles. The van der Waals surface area contributed by atoms with Gasteiger partial charge in [-0.2, -0.15) is 0 Å². The van der Waals surface area contributed by atoms with Gasteiger partial charge >= 0.3 is 0 Å². The van der Waals surface area contributed by atoms with Crippen LogP contribution in [0.5, 0.6) is 0 Å². The van der Waals surface area contributed by atoms with Crippen molar-refractivity contribution in [3.05, 3.63) is 11.6 Å². The van der Waals surface area contributed by atoms with E-state index in [0.717, 1.165) is 19.3 Å². The van der Waals surface area contributed by atoms with Gasteiger partial charge in [-0.3, -0.25) is 0 Å². The lowest BCUT2D eigenvalue weighted by Gasteiger charge is -2.46. The third-order valence-electron chi connectivity index (χ3n) is 6.94. The van der Waals surface area contributed by atoms with Gasteiger partial charge in [-0.05, 0) is 52.9 Å². The van der Waals surface area contributed by atoms with Crippen molar-refractivity contribution in [2.45, 2.75) is 114 Å². The van der Waals surface area contributed by atoms with Gasteiger partial charge in [0.15, 0.2) is 12.6 Å². The van der Waals surface area contributed by atoms with Crippen LogP contribution in [0.1, 0.15) is 47.0 Å². The molecule has 10 nitrogen and oxygen atoms in total. The second kappa shape index (κ2) is 10.3. The number of rotatable bonds is 6. The molecule has 2 fully saturated rings. The third kappa shape index (κ3) is 5.52. The molecule has 3 aliphatic rings. The van der Waals surface area contributed by atoms with E-state index in [1.165, 1.54) is 12.5 Å². The standard InChI is InChI=1S/C22H38O10/c1-10-5-7-12(8-6-10)22(3,4)32-21-19(28)17(26)15(24)13(31-21)9-29-20-18(27)16(25)14(23)11(2)30-20/h5,11-21,23-28H,6-9H2,1-4H3. The van der Waals surface area contributed by atoms with Crippen molar-refractivity contribution in [2.24, 2.45) is 5.92 Å². The van der Waals surface area contributed by atoms with Gasteiger partial charge < -0.3 is 49.6 Å². The van der Waals surface area contributed by atoms with Gasteiger partial charge in [0, 0.05) is 0 Å². The van der Waals surface area contributed by atoms with Crippen LogP contribution in [-0.4, -0.2) is 104 Å². The number of allylic oxidation sites excluding steroid dienone is 2. The summed E-state index contributed by atoms with van der Waals surface area (Å²) >= 11 is 0. The Morgan fingerprint density at radius 2 is 1.53 bits per heavy atom. The Kier molecular flexibility index (Phi) is 8.36. The van der Waals surface area contributed by atoms with E-state index in [9.17, 15) is 30.6 Å². The molecule has 2 saturated heterocycles. The van der Waals surface area contributed by atoms with Crippen LogP contribution in [0.25, 0.3) is 0 Å². The second-order valence-electron chi connectivity index (χ2n) is 9.77. The second-order valence-corrected chi connectivity index (χ2v) is 9.77. The summed E-state index contributed by atoms with van der Waals surface area (Å²) in [5.74, 6) is 0.195. The van der Waals surface area contributed by atoms with Gasteiger partial charge in [0.25, 0.3) is 0 Å². The number of aliphatic hydroxyl groups is 6. The van der Waals surface area contributed by atoms with Crippen molar-refractivity contribution in [3.63, 3.8) is 0 Å². The highest BCUT2D eigenvalue weighted by Gasteiger charge is 2.48. The van der Waals surface area contributed by atoms with Crippen LogP contribution in [0.4, 0.5) is 0 Å². The predicted octanol–water partition coefficient (Wildman–Crippen LogP) is -0.820. The molecule has 0 aromatic rings. The molecule has 10 heteroatoms. The van der Waals surface area contributed by atoms with E-state index >= 15 is 0 Å². The first-order valence-electron chi connectivity index (χ1n) is 11.3. The molecule has 0 aromatic heterocycles. The maximum atomic E-state index is 10.4. The fourth-order valence-electron chi connectivity index (χ4n) is 4.48. The highest BCUT2D eigenvalue weighted by atomic mass is 16.7. The third-order valence-corrected chi connectivity index (χ3v) is 6.94. The predicted molar refractivity (Wildman–Crippen MR) is 111 cm³/mol. The van der Waals surface area contributed by atoms with Gasteiger partial charge in [-0.25, -0.2) is 0 Å². The lowest BCUT2D eigenvalue weighted by molar-refractivity contribution is -0.343. The number of hydrogen-bond acceptors (Lipinski definition) is 10. The van der Waals surface area contributed by atoms with Crippen molar-refractivity contribution in [2.75, 3.05) is 6.61 Å². The summed E-state index contributed by atoms with van der Waals surface area (Å²) in [5, 5.41) is 61.0. The Hall–Kier alpha value is -0.660. The van der Waals surface area contributed by atoms with Crippen LogP contribution < -0.4 is 0 Å². The molecule has 0 spiro atoms. The van der Waals surface area contributed by atoms with Crippen LogP contribution in [0, 0.1) is 5.92 Å². The lowest BCUT2D eigenvalue weighted by Crippen LogP contribution is -2.62. The summed E-state index contributed by atoms with van der Waals surface area (Å²) < 4.78 is 22.7. The number of ether oxygens (including phenoxy) is 4. The summed E-state index contributed by atoms with van der Waals surface area (Å²) in [6.07, 6.45) is -8.13. The first kappa shape index (κ1) is 26.0. The molecule has 3 rings (SSSR count). The zero-order valence-corrected chi connectivity index (χ0v) is 19.1. The molecule has 0 radical (unpaired) electrons. The average molecular weight is 463 g/mol. The maximum Gasteiger partial charge on any atom is 0.187 e. The minimum absolute atomic E-state index is 0.195. The fourth-order valence-corrected chi connectivity index (χ4v) is 4.48. The molecule has 0 amide bonds. The topological polar surface area (TPSA) is 158 Å². The number of aliphatic hydroxyl groups excluding tert-OH is 6. The van der Waals surface area contributed by atoms with Crippen molar-refractivity contribution < 1.29 is 49.6 Å². The first-order chi connectivity index (χ1) is 14.9. The van der Waals surface area contributed by atoms with Gasteiger partial charge in [0.2, 0.25) is 0 Å². The molecular formula is C22H38O10. The maximum absolute atomic E-state index is 10.4. The Morgan fingerprint density at radius 1 is 0.906 bits per heavy atom. The molecule has 1 aliphatic carbocycles. The zero-order valence-electron chi connectivity index (χ0n) is 19.1. The number of hydrogen-bond donors (Lipinski definition) is 6. The summed E-state index contributed by atoms with van der Waals surface area (Å²) in [5.41, 5.74) is 0.676. The van der Waals surface area contributed by atoms with Gasteiger partial charge in [-0.15, -0.1) is 0 Å². The van der Waals surface area contributed by atoms with E-state index < -0.39 is 67.0 Å². The Labute approximate surface area is 188 Å². The van der Waals surface area contributed by atoms with Gasteiger partial charge in [0.05, 0.1) is 18.3 Å². The van der Waals surface area contributed by atoms with Gasteiger partial charge in [0.1, 0.15) is 42.7 Å². The van der Waals surface area contributed by atoms with Crippen LogP contribution in [0.15, 0.2) is 11.6 Å². The Bertz CT molecular complexity index is 655. The normalized spacial score (nSPS) is 46.1. The minimum Gasteiger partial charge on any atom is -0.388 e. The van der Waals surface area contributed by atoms with E-state index in [2.05, 4.69) is 13.0 Å². The molecule has 2 heterocycles. The average Bonchev–Trinajstić information content (AvgIpc) is 2.75. The molecular weight excluding hydrogens is 424 g/mol. The highest BCUT2D eigenvalue weighted by Crippen LogP contribution is 2.37. The summed E-state index contributed by atoms with van der Waals surface area (Å²) in [6, 6.07) is 0. The summed E-state index contributed by atoms with van der Waals surface area (Å²) in [7, 11) is 0. The first-order valence-corrected chi connectivity index (χ1v) is 11.3.